The number of aromatic nitrogens is 2. The van der Waals surface area contributed by atoms with Crippen molar-refractivity contribution < 1.29 is 0 Å². The SMILES string of the molecule is CC(C)c1[nH]ncc1C1CC1. The first-order chi connectivity index (χ1) is 5.29. The first-order valence-corrected chi connectivity index (χ1v) is 4.32. The molecule has 0 aromatic carbocycles. The van der Waals surface area contributed by atoms with Gasteiger partial charge in [-0.1, -0.05) is 13.8 Å². The van der Waals surface area contributed by atoms with Crippen LogP contribution in [0.1, 0.15) is 49.8 Å². The van der Waals surface area contributed by atoms with Gasteiger partial charge in [0.05, 0.1) is 6.20 Å². The molecule has 0 unspecified atom stereocenters. The van der Waals surface area contributed by atoms with Crippen LogP contribution in [0.15, 0.2) is 6.20 Å². The van der Waals surface area contributed by atoms with E-state index in [4.69, 9.17) is 0 Å². The molecule has 0 atom stereocenters. The summed E-state index contributed by atoms with van der Waals surface area (Å²) in [5.74, 6) is 1.42. The molecular formula is C9H14N2. The standard InChI is InChI=1S/C9H14N2/c1-6(2)9-8(5-10-11-9)7-3-4-7/h5-7H,3-4H2,1-2H3,(H,10,11). The zero-order chi connectivity index (χ0) is 7.84. The third kappa shape index (κ3) is 1.17. The average Bonchev–Trinajstić information content (AvgIpc) is 2.68. The quantitative estimate of drug-likeness (QED) is 0.689. The van der Waals surface area contributed by atoms with Crippen molar-refractivity contribution in [1.82, 2.24) is 10.2 Å². The zero-order valence-electron chi connectivity index (χ0n) is 7.09. The molecule has 11 heavy (non-hydrogen) atoms. The second-order valence-electron chi connectivity index (χ2n) is 3.67. The smallest absolute Gasteiger partial charge is 0.0525 e. The number of nitrogens with zero attached hydrogens (tertiary/aromatic N) is 1. The van der Waals surface area contributed by atoms with Gasteiger partial charge in [0.1, 0.15) is 0 Å². The summed E-state index contributed by atoms with van der Waals surface area (Å²) in [5.41, 5.74) is 2.80. The van der Waals surface area contributed by atoms with Crippen molar-refractivity contribution in [2.45, 2.75) is 38.5 Å². The van der Waals surface area contributed by atoms with Crippen molar-refractivity contribution in [1.29, 1.82) is 0 Å². The highest BCUT2D eigenvalue weighted by Crippen LogP contribution is 2.42. The highest BCUT2D eigenvalue weighted by Gasteiger charge is 2.27. The summed E-state index contributed by atoms with van der Waals surface area (Å²) in [5, 5.41) is 7.16. The van der Waals surface area contributed by atoms with Crippen LogP contribution in [0.5, 0.6) is 0 Å². The van der Waals surface area contributed by atoms with Gasteiger partial charge in [-0.3, -0.25) is 5.10 Å². The van der Waals surface area contributed by atoms with Crippen LogP contribution in [0.2, 0.25) is 0 Å². The number of rotatable bonds is 2. The van der Waals surface area contributed by atoms with Crippen molar-refractivity contribution in [2.24, 2.45) is 0 Å². The average molecular weight is 150 g/mol. The monoisotopic (exact) mass is 150 g/mol. The van der Waals surface area contributed by atoms with Crippen LogP contribution in [-0.4, -0.2) is 10.2 Å². The summed E-state index contributed by atoms with van der Waals surface area (Å²) < 4.78 is 0. The molecule has 1 fully saturated rings. The summed E-state index contributed by atoms with van der Waals surface area (Å²) >= 11 is 0. The van der Waals surface area contributed by atoms with Crippen LogP contribution in [-0.2, 0) is 0 Å². The molecule has 1 aliphatic carbocycles. The van der Waals surface area contributed by atoms with E-state index in [1.165, 1.54) is 24.1 Å². The number of aromatic amines is 1. The first kappa shape index (κ1) is 6.89. The van der Waals surface area contributed by atoms with Crippen LogP contribution in [0.4, 0.5) is 0 Å². The number of hydrogen-bond acceptors (Lipinski definition) is 1. The Bertz CT molecular complexity index is 229. The molecule has 2 heteroatoms. The number of hydrogen-bond donors (Lipinski definition) is 1. The van der Waals surface area contributed by atoms with Gasteiger partial charge in [0.15, 0.2) is 0 Å². The van der Waals surface area contributed by atoms with E-state index in [0.29, 0.717) is 5.92 Å². The summed E-state index contributed by atoms with van der Waals surface area (Å²) in [6.45, 7) is 4.42. The van der Waals surface area contributed by atoms with Crippen molar-refractivity contribution in [3.05, 3.63) is 17.5 Å². The molecule has 1 aromatic rings. The Morgan fingerprint density at radius 2 is 2.27 bits per heavy atom. The van der Waals surface area contributed by atoms with Crippen molar-refractivity contribution >= 4 is 0 Å². The van der Waals surface area contributed by atoms with Crippen LogP contribution >= 0.6 is 0 Å². The van der Waals surface area contributed by atoms with Crippen molar-refractivity contribution in [2.75, 3.05) is 0 Å². The summed E-state index contributed by atoms with van der Waals surface area (Å²) in [6, 6.07) is 0. The van der Waals surface area contributed by atoms with Gasteiger partial charge >= 0.3 is 0 Å². The summed E-state index contributed by atoms with van der Waals surface area (Å²) in [4.78, 5) is 0. The Labute approximate surface area is 67.0 Å². The highest BCUT2D eigenvalue weighted by atomic mass is 15.1. The molecule has 2 rings (SSSR count). The van der Waals surface area contributed by atoms with Gasteiger partial charge in [-0.15, -0.1) is 0 Å². The minimum Gasteiger partial charge on any atom is -0.282 e. The van der Waals surface area contributed by atoms with E-state index in [1.54, 1.807) is 0 Å². The second kappa shape index (κ2) is 2.36. The molecule has 2 nitrogen and oxygen atoms in total. The van der Waals surface area contributed by atoms with Gasteiger partial charge in [0.2, 0.25) is 0 Å². The zero-order valence-corrected chi connectivity index (χ0v) is 7.09. The van der Waals surface area contributed by atoms with Crippen molar-refractivity contribution in [3.8, 4) is 0 Å². The van der Waals surface area contributed by atoms with E-state index in [1.807, 2.05) is 6.20 Å². The molecule has 0 bridgehead atoms. The van der Waals surface area contributed by atoms with Crippen LogP contribution in [0.25, 0.3) is 0 Å². The minimum absolute atomic E-state index is 0.591. The van der Waals surface area contributed by atoms with E-state index in [-0.39, 0.29) is 0 Å². The maximum Gasteiger partial charge on any atom is 0.0525 e. The van der Waals surface area contributed by atoms with Gasteiger partial charge in [-0.05, 0) is 30.2 Å². The van der Waals surface area contributed by atoms with Gasteiger partial charge in [0.25, 0.3) is 0 Å². The Morgan fingerprint density at radius 3 is 2.82 bits per heavy atom. The largest absolute Gasteiger partial charge is 0.282 e. The Kier molecular flexibility index (Phi) is 1.48. The molecule has 1 heterocycles. The lowest BCUT2D eigenvalue weighted by Crippen LogP contribution is -1.92. The molecule has 0 radical (unpaired) electrons. The van der Waals surface area contributed by atoms with Gasteiger partial charge < -0.3 is 0 Å². The molecule has 0 saturated heterocycles. The maximum atomic E-state index is 4.08. The summed E-state index contributed by atoms with van der Waals surface area (Å²) in [7, 11) is 0. The third-order valence-corrected chi connectivity index (χ3v) is 2.29. The minimum atomic E-state index is 0.591. The third-order valence-electron chi connectivity index (χ3n) is 2.29. The fraction of sp³-hybridized carbons (Fsp3) is 0.667. The van der Waals surface area contributed by atoms with E-state index >= 15 is 0 Å². The summed E-state index contributed by atoms with van der Waals surface area (Å²) in [6.07, 6.45) is 4.71. The lowest BCUT2D eigenvalue weighted by Gasteiger charge is -2.03. The first-order valence-electron chi connectivity index (χ1n) is 4.32. The molecule has 0 amide bonds. The van der Waals surface area contributed by atoms with E-state index in [0.717, 1.165) is 5.92 Å². The van der Waals surface area contributed by atoms with E-state index < -0.39 is 0 Å². The number of H-pyrrole nitrogens is 1. The normalized spacial score (nSPS) is 17.7. The fourth-order valence-electron chi connectivity index (χ4n) is 1.49. The Hall–Kier alpha value is -0.790. The van der Waals surface area contributed by atoms with Crippen LogP contribution in [0, 0.1) is 0 Å². The topological polar surface area (TPSA) is 28.7 Å². The van der Waals surface area contributed by atoms with Gasteiger partial charge in [0, 0.05) is 5.69 Å². The molecule has 60 valence electrons. The highest BCUT2D eigenvalue weighted by molar-refractivity contribution is 5.27. The van der Waals surface area contributed by atoms with E-state index in [2.05, 4.69) is 24.0 Å². The van der Waals surface area contributed by atoms with Crippen LogP contribution in [0.3, 0.4) is 0 Å². The van der Waals surface area contributed by atoms with Gasteiger partial charge in [-0.2, -0.15) is 5.10 Å². The molecule has 1 aromatic heterocycles. The number of nitrogens with one attached hydrogen (secondary N) is 1. The predicted molar refractivity (Wildman–Crippen MR) is 44.7 cm³/mol. The molecular weight excluding hydrogens is 136 g/mol. The van der Waals surface area contributed by atoms with Crippen LogP contribution < -0.4 is 0 Å². The molecule has 0 aliphatic heterocycles. The van der Waals surface area contributed by atoms with Gasteiger partial charge in [-0.25, -0.2) is 0 Å². The lowest BCUT2D eigenvalue weighted by molar-refractivity contribution is 0.796. The lowest BCUT2D eigenvalue weighted by atomic mass is 10.0. The molecule has 0 spiro atoms. The Balaban J connectivity index is 2.30. The second-order valence-corrected chi connectivity index (χ2v) is 3.67. The predicted octanol–water partition coefficient (Wildman–Crippen LogP) is 2.41. The molecule has 1 N–H and O–H groups in total. The van der Waals surface area contributed by atoms with Crippen molar-refractivity contribution in [3.63, 3.8) is 0 Å². The Morgan fingerprint density at radius 1 is 1.55 bits per heavy atom. The molecule has 1 saturated carbocycles. The maximum absolute atomic E-state index is 4.08. The fourth-order valence-corrected chi connectivity index (χ4v) is 1.49. The molecule has 1 aliphatic rings. The van der Waals surface area contributed by atoms with E-state index in [9.17, 15) is 0 Å².